The molecule has 0 aliphatic carbocycles. The number of carbonyl (C=O) groups excluding carboxylic acids is 1. The van der Waals surface area contributed by atoms with E-state index in [1.165, 1.54) is 7.11 Å². The Kier molecular flexibility index (Phi) is 4.21. The largest absolute Gasteiger partial charge is 0.465 e. The fraction of sp³-hybridized carbons (Fsp3) is 0.0870. The summed E-state index contributed by atoms with van der Waals surface area (Å²) < 4.78 is 18.1. The van der Waals surface area contributed by atoms with Crippen LogP contribution in [0.2, 0.25) is 0 Å². The average Bonchev–Trinajstić information content (AvgIpc) is 3.41. The van der Waals surface area contributed by atoms with E-state index in [9.17, 15) is 4.79 Å². The van der Waals surface area contributed by atoms with Crippen LogP contribution in [0.3, 0.4) is 0 Å². The summed E-state index contributed by atoms with van der Waals surface area (Å²) in [5, 5.41) is 0.816. The number of benzene rings is 1. The van der Waals surface area contributed by atoms with Crippen LogP contribution in [0.1, 0.15) is 15.9 Å². The molecular formula is C23H17N3O4. The predicted octanol–water partition coefficient (Wildman–Crippen LogP) is 5.03. The monoisotopic (exact) mass is 399 g/mol. The van der Waals surface area contributed by atoms with Gasteiger partial charge in [-0.05, 0) is 55.0 Å². The van der Waals surface area contributed by atoms with Gasteiger partial charge in [-0.25, -0.2) is 14.8 Å². The molecule has 0 saturated carbocycles. The van der Waals surface area contributed by atoms with Crippen molar-refractivity contribution < 1.29 is 18.7 Å². The zero-order valence-corrected chi connectivity index (χ0v) is 16.3. The van der Waals surface area contributed by atoms with E-state index in [1.54, 1.807) is 36.9 Å². The van der Waals surface area contributed by atoms with Crippen LogP contribution in [0.25, 0.3) is 27.9 Å². The number of nitrogens with zero attached hydrogens (tertiary/aromatic N) is 3. The van der Waals surface area contributed by atoms with E-state index in [2.05, 4.69) is 9.97 Å². The molecule has 0 saturated heterocycles. The number of furan rings is 1. The third-order valence-electron chi connectivity index (χ3n) is 4.97. The molecule has 0 fully saturated rings. The summed E-state index contributed by atoms with van der Waals surface area (Å²) in [6.45, 7) is 2.00. The summed E-state index contributed by atoms with van der Waals surface area (Å²) in [5.74, 6) is 0.742. The van der Waals surface area contributed by atoms with Gasteiger partial charge in [-0.3, -0.25) is 4.40 Å². The van der Waals surface area contributed by atoms with Gasteiger partial charge in [0.15, 0.2) is 5.65 Å². The maximum atomic E-state index is 12.0. The SMILES string of the molecule is COC(=O)c1cccn2c(-c3ccc(Oc4nccc5occc45)cc3C)cnc12. The van der Waals surface area contributed by atoms with Gasteiger partial charge in [0.05, 0.1) is 30.6 Å². The van der Waals surface area contributed by atoms with E-state index < -0.39 is 5.97 Å². The number of aryl methyl sites for hydroxylation is 1. The molecule has 0 spiro atoms. The summed E-state index contributed by atoms with van der Waals surface area (Å²) in [4.78, 5) is 20.8. The first-order valence-corrected chi connectivity index (χ1v) is 9.31. The first kappa shape index (κ1) is 17.9. The molecule has 30 heavy (non-hydrogen) atoms. The number of rotatable bonds is 4. The Bertz CT molecular complexity index is 1400. The molecule has 0 amide bonds. The van der Waals surface area contributed by atoms with Crippen molar-refractivity contribution in [3.63, 3.8) is 0 Å². The summed E-state index contributed by atoms with van der Waals surface area (Å²) >= 11 is 0. The van der Waals surface area contributed by atoms with Crippen molar-refractivity contribution in [3.8, 4) is 22.9 Å². The van der Waals surface area contributed by atoms with Crippen LogP contribution in [0.5, 0.6) is 11.6 Å². The molecule has 7 nitrogen and oxygen atoms in total. The maximum absolute atomic E-state index is 12.0. The number of fused-ring (bicyclic) bond motifs is 2. The molecule has 0 aliphatic heterocycles. The highest BCUT2D eigenvalue weighted by molar-refractivity contribution is 5.96. The number of pyridine rings is 2. The highest BCUT2D eigenvalue weighted by Crippen LogP contribution is 2.32. The number of imidazole rings is 1. The molecule has 4 heterocycles. The number of carbonyl (C=O) groups is 1. The Morgan fingerprint density at radius 2 is 2.03 bits per heavy atom. The predicted molar refractivity (Wildman–Crippen MR) is 111 cm³/mol. The Morgan fingerprint density at radius 3 is 2.87 bits per heavy atom. The van der Waals surface area contributed by atoms with Crippen LogP contribution in [0.15, 0.2) is 71.7 Å². The van der Waals surface area contributed by atoms with Gasteiger partial charge in [0.1, 0.15) is 16.9 Å². The van der Waals surface area contributed by atoms with Gasteiger partial charge < -0.3 is 13.9 Å². The second-order valence-corrected chi connectivity index (χ2v) is 6.78. The number of esters is 1. The average molecular weight is 399 g/mol. The summed E-state index contributed by atoms with van der Waals surface area (Å²) in [6.07, 6.45) is 6.89. The van der Waals surface area contributed by atoms with E-state index in [-0.39, 0.29) is 0 Å². The van der Waals surface area contributed by atoms with Crippen molar-refractivity contribution in [2.45, 2.75) is 6.92 Å². The fourth-order valence-electron chi connectivity index (χ4n) is 3.53. The smallest absolute Gasteiger partial charge is 0.341 e. The molecule has 0 atom stereocenters. The lowest BCUT2D eigenvalue weighted by atomic mass is 10.1. The van der Waals surface area contributed by atoms with Gasteiger partial charge in [0, 0.05) is 18.0 Å². The molecule has 0 N–H and O–H groups in total. The second kappa shape index (κ2) is 7.04. The Morgan fingerprint density at radius 1 is 1.13 bits per heavy atom. The van der Waals surface area contributed by atoms with Crippen LogP contribution in [-0.4, -0.2) is 27.4 Å². The number of methoxy groups -OCH3 is 1. The minimum Gasteiger partial charge on any atom is -0.465 e. The van der Waals surface area contributed by atoms with Crippen molar-refractivity contribution >= 4 is 22.6 Å². The van der Waals surface area contributed by atoms with Crippen molar-refractivity contribution in [1.29, 1.82) is 0 Å². The minimum atomic E-state index is -0.417. The number of hydrogen-bond acceptors (Lipinski definition) is 6. The normalized spacial score (nSPS) is 11.1. The molecule has 1 aromatic carbocycles. The van der Waals surface area contributed by atoms with Crippen LogP contribution >= 0.6 is 0 Å². The molecule has 0 radical (unpaired) electrons. The van der Waals surface area contributed by atoms with Crippen molar-refractivity contribution in [3.05, 3.63) is 78.4 Å². The molecular weight excluding hydrogens is 382 g/mol. The highest BCUT2D eigenvalue weighted by Gasteiger charge is 2.16. The molecule has 0 bridgehead atoms. The summed E-state index contributed by atoms with van der Waals surface area (Å²) in [7, 11) is 1.36. The fourth-order valence-corrected chi connectivity index (χ4v) is 3.53. The standard InChI is InChI=1S/C23H17N3O4/c1-14-12-15(30-22-17-8-11-29-20(17)7-9-24-22)5-6-16(14)19-13-25-21-18(23(27)28-2)4-3-10-26(19)21/h3-13H,1-2H3. The Labute approximate surface area is 171 Å². The van der Waals surface area contributed by atoms with Gasteiger partial charge in [0.2, 0.25) is 5.88 Å². The van der Waals surface area contributed by atoms with Crippen LogP contribution in [0, 0.1) is 6.92 Å². The summed E-state index contributed by atoms with van der Waals surface area (Å²) in [6, 6.07) is 12.9. The lowest BCUT2D eigenvalue weighted by molar-refractivity contribution is 0.0602. The van der Waals surface area contributed by atoms with Gasteiger partial charge >= 0.3 is 5.97 Å². The van der Waals surface area contributed by atoms with Crippen molar-refractivity contribution in [1.82, 2.24) is 14.4 Å². The van der Waals surface area contributed by atoms with Crippen molar-refractivity contribution in [2.75, 3.05) is 7.11 Å². The molecule has 0 unspecified atom stereocenters. The number of ether oxygens (including phenoxy) is 2. The number of hydrogen-bond donors (Lipinski definition) is 0. The maximum Gasteiger partial charge on any atom is 0.341 e. The quantitative estimate of drug-likeness (QED) is 0.395. The van der Waals surface area contributed by atoms with E-state index in [4.69, 9.17) is 13.9 Å². The van der Waals surface area contributed by atoms with Crippen molar-refractivity contribution in [2.24, 2.45) is 0 Å². The Hall–Kier alpha value is -4.13. The minimum absolute atomic E-state index is 0.417. The third kappa shape index (κ3) is 2.88. The first-order chi connectivity index (χ1) is 14.7. The van der Waals surface area contributed by atoms with E-state index in [0.29, 0.717) is 22.8 Å². The molecule has 148 valence electrons. The lowest BCUT2D eigenvalue weighted by Crippen LogP contribution is -2.04. The molecule has 0 aliphatic rings. The Balaban J connectivity index is 1.53. The van der Waals surface area contributed by atoms with Gasteiger partial charge in [-0.2, -0.15) is 0 Å². The first-order valence-electron chi connectivity index (χ1n) is 9.31. The molecule has 7 heteroatoms. The summed E-state index contributed by atoms with van der Waals surface area (Å²) in [5.41, 5.74) is 4.54. The van der Waals surface area contributed by atoms with Crippen LogP contribution in [0.4, 0.5) is 0 Å². The zero-order valence-electron chi connectivity index (χ0n) is 16.3. The topological polar surface area (TPSA) is 78.9 Å². The van der Waals surface area contributed by atoms with E-state index in [1.807, 2.05) is 41.8 Å². The van der Waals surface area contributed by atoms with E-state index in [0.717, 1.165) is 27.8 Å². The molecule has 5 aromatic rings. The highest BCUT2D eigenvalue weighted by atomic mass is 16.5. The van der Waals surface area contributed by atoms with E-state index >= 15 is 0 Å². The third-order valence-corrected chi connectivity index (χ3v) is 4.97. The van der Waals surface area contributed by atoms with Crippen LogP contribution < -0.4 is 4.74 Å². The number of aromatic nitrogens is 3. The van der Waals surface area contributed by atoms with Gasteiger partial charge in [-0.15, -0.1) is 0 Å². The lowest BCUT2D eigenvalue weighted by Gasteiger charge is -2.10. The molecule has 4 aromatic heterocycles. The van der Waals surface area contributed by atoms with Crippen LogP contribution in [-0.2, 0) is 4.74 Å². The molecule has 5 rings (SSSR count). The second-order valence-electron chi connectivity index (χ2n) is 6.78. The van der Waals surface area contributed by atoms with Gasteiger partial charge in [-0.1, -0.05) is 0 Å². The zero-order chi connectivity index (χ0) is 20.7. The van der Waals surface area contributed by atoms with Gasteiger partial charge in [0.25, 0.3) is 0 Å².